The van der Waals surface area contributed by atoms with Gasteiger partial charge in [-0.3, -0.25) is 19.5 Å². The number of carbonyl (C=O) groups excluding carboxylic acids is 2. The molecule has 1 saturated carbocycles. The fourth-order valence-electron chi connectivity index (χ4n) is 5.30. The third kappa shape index (κ3) is 4.70. The summed E-state index contributed by atoms with van der Waals surface area (Å²) in [6.07, 6.45) is -4.46. The van der Waals surface area contributed by atoms with Crippen LogP contribution < -0.4 is 9.80 Å². The largest absolute Gasteiger partial charge is 0.471 e. The zero-order valence-electron chi connectivity index (χ0n) is 20.4. The third-order valence-electron chi connectivity index (χ3n) is 6.84. The molecule has 186 valence electrons. The number of aliphatic imine (C=N–C) groups is 1. The minimum absolute atomic E-state index is 0.0557. The van der Waals surface area contributed by atoms with Gasteiger partial charge in [-0.2, -0.15) is 13.2 Å². The standard InChI is InChI=1S/C27H30F3N3O2/c1-5-32(6-2)18-13-11-17(12-14-18)24-23-20(15-26(3,4)16-22(23)34)31-19-9-7-8-10-21(19)33(24)25(35)27(28,29)30/h7-14,23-24H,5-6,15-16H2,1-4H3. The Morgan fingerprint density at radius 3 is 2.29 bits per heavy atom. The maximum atomic E-state index is 13.9. The summed E-state index contributed by atoms with van der Waals surface area (Å²) >= 11 is 0. The van der Waals surface area contributed by atoms with E-state index in [0.717, 1.165) is 23.7 Å². The van der Waals surface area contributed by atoms with Crippen LogP contribution in [0.25, 0.3) is 0 Å². The lowest BCUT2D eigenvalue weighted by Gasteiger charge is -2.41. The van der Waals surface area contributed by atoms with Gasteiger partial charge in [0.2, 0.25) is 0 Å². The first-order chi connectivity index (χ1) is 16.5. The number of anilines is 2. The number of carbonyl (C=O) groups is 2. The van der Waals surface area contributed by atoms with Crippen molar-refractivity contribution in [3.63, 3.8) is 0 Å². The summed E-state index contributed by atoms with van der Waals surface area (Å²) in [5.41, 5.74) is 1.86. The molecule has 5 nitrogen and oxygen atoms in total. The number of rotatable bonds is 4. The second-order valence-electron chi connectivity index (χ2n) is 9.94. The van der Waals surface area contributed by atoms with Gasteiger partial charge in [0.15, 0.2) is 0 Å². The van der Waals surface area contributed by atoms with E-state index in [2.05, 4.69) is 4.90 Å². The molecule has 0 aromatic heterocycles. The lowest BCUT2D eigenvalue weighted by atomic mass is 9.68. The van der Waals surface area contributed by atoms with Crippen LogP contribution in [0.5, 0.6) is 0 Å². The van der Waals surface area contributed by atoms with Crippen LogP contribution in [-0.4, -0.2) is 36.7 Å². The Labute approximate surface area is 203 Å². The van der Waals surface area contributed by atoms with E-state index in [1.54, 1.807) is 30.3 Å². The van der Waals surface area contributed by atoms with Crippen molar-refractivity contribution in [2.24, 2.45) is 16.3 Å². The Morgan fingerprint density at radius 1 is 1.06 bits per heavy atom. The summed E-state index contributed by atoms with van der Waals surface area (Å²) in [6.45, 7) is 9.50. The normalized spacial score (nSPS) is 21.5. The molecule has 0 N–H and O–H groups in total. The van der Waals surface area contributed by atoms with Crippen LogP contribution in [0.4, 0.5) is 30.2 Å². The van der Waals surface area contributed by atoms with Gasteiger partial charge < -0.3 is 4.90 Å². The summed E-state index contributed by atoms with van der Waals surface area (Å²) in [6, 6.07) is 12.3. The van der Waals surface area contributed by atoms with E-state index < -0.39 is 24.0 Å². The highest BCUT2D eigenvalue weighted by atomic mass is 19.4. The molecule has 4 rings (SSSR count). The monoisotopic (exact) mass is 485 g/mol. The maximum Gasteiger partial charge on any atom is 0.471 e. The molecule has 1 fully saturated rings. The third-order valence-corrected chi connectivity index (χ3v) is 6.84. The Kier molecular flexibility index (Phi) is 6.51. The number of hydrogen-bond donors (Lipinski definition) is 0. The van der Waals surface area contributed by atoms with Crippen LogP contribution in [0.1, 0.15) is 52.1 Å². The van der Waals surface area contributed by atoms with Crippen molar-refractivity contribution >= 4 is 34.5 Å². The molecule has 2 aliphatic rings. The molecule has 2 aromatic rings. The fourth-order valence-corrected chi connectivity index (χ4v) is 5.30. The van der Waals surface area contributed by atoms with E-state index in [9.17, 15) is 22.8 Å². The van der Waals surface area contributed by atoms with E-state index in [0.29, 0.717) is 17.7 Å². The molecule has 2 atom stereocenters. The summed E-state index contributed by atoms with van der Waals surface area (Å²) in [5.74, 6) is -3.16. The summed E-state index contributed by atoms with van der Waals surface area (Å²) < 4.78 is 41.8. The number of benzene rings is 2. The van der Waals surface area contributed by atoms with Gasteiger partial charge in [0.05, 0.1) is 23.3 Å². The first kappa shape index (κ1) is 24.9. The highest BCUT2D eigenvalue weighted by Gasteiger charge is 2.52. The Morgan fingerprint density at radius 2 is 1.69 bits per heavy atom. The van der Waals surface area contributed by atoms with Crippen molar-refractivity contribution in [1.82, 2.24) is 0 Å². The van der Waals surface area contributed by atoms with Gasteiger partial charge in [0.1, 0.15) is 5.78 Å². The van der Waals surface area contributed by atoms with Crippen LogP contribution in [0.3, 0.4) is 0 Å². The molecule has 1 aliphatic carbocycles. The molecule has 0 bridgehead atoms. The topological polar surface area (TPSA) is 53.0 Å². The number of hydrogen-bond acceptors (Lipinski definition) is 4. The van der Waals surface area contributed by atoms with Crippen LogP contribution >= 0.6 is 0 Å². The van der Waals surface area contributed by atoms with Gasteiger partial charge in [-0.1, -0.05) is 38.1 Å². The highest BCUT2D eigenvalue weighted by molar-refractivity contribution is 6.13. The molecular weight excluding hydrogens is 455 g/mol. The molecule has 2 unspecified atom stereocenters. The molecular formula is C27H30F3N3O2. The molecule has 35 heavy (non-hydrogen) atoms. The number of fused-ring (bicyclic) bond motifs is 2. The van der Waals surface area contributed by atoms with Gasteiger partial charge in [0.25, 0.3) is 0 Å². The smallest absolute Gasteiger partial charge is 0.372 e. The molecule has 8 heteroatoms. The lowest BCUT2D eigenvalue weighted by Crippen LogP contribution is -2.50. The second-order valence-corrected chi connectivity index (χ2v) is 9.94. The fraction of sp³-hybridized carbons (Fsp3) is 0.444. The van der Waals surface area contributed by atoms with Gasteiger partial charge in [0, 0.05) is 30.9 Å². The Hall–Kier alpha value is -3.16. The van der Waals surface area contributed by atoms with Crippen molar-refractivity contribution in [3.05, 3.63) is 54.1 Å². The molecule has 1 amide bonds. The lowest BCUT2D eigenvalue weighted by molar-refractivity contribution is -0.171. The van der Waals surface area contributed by atoms with Crippen LogP contribution in [0.15, 0.2) is 53.5 Å². The van der Waals surface area contributed by atoms with E-state index in [1.807, 2.05) is 39.8 Å². The number of halogens is 3. The van der Waals surface area contributed by atoms with Crippen LogP contribution in [-0.2, 0) is 9.59 Å². The highest BCUT2D eigenvalue weighted by Crippen LogP contribution is 2.49. The average molecular weight is 486 g/mol. The van der Waals surface area contributed by atoms with Crippen LogP contribution in [0.2, 0.25) is 0 Å². The number of ketones is 1. The molecule has 0 spiro atoms. The van der Waals surface area contributed by atoms with E-state index in [4.69, 9.17) is 4.99 Å². The summed E-state index contributed by atoms with van der Waals surface area (Å²) in [4.78, 5) is 34.0. The second kappa shape index (κ2) is 9.13. The summed E-state index contributed by atoms with van der Waals surface area (Å²) in [5, 5.41) is 0. The minimum atomic E-state index is -5.12. The predicted molar refractivity (Wildman–Crippen MR) is 131 cm³/mol. The van der Waals surface area contributed by atoms with E-state index in [1.165, 1.54) is 6.07 Å². The van der Waals surface area contributed by atoms with Crippen molar-refractivity contribution in [1.29, 1.82) is 0 Å². The van der Waals surface area contributed by atoms with E-state index in [-0.39, 0.29) is 29.0 Å². The quantitative estimate of drug-likeness (QED) is 0.514. The zero-order chi connectivity index (χ0) is 25.5. The molecule has 1 heterocycles. The average Bonchev–Trinajstić information content (AvgIpc) is 2.92. The Balaban J connectivity index is 1.94. The van der Waals surface area contributed by atoms with Crippen molar-refractivity contribution in [3.8, 4) is 0 Å². The van der Waals surface area contributed by atoms with Crippen molar-refractivity contribution in [2.45, 2.75) is 52.8 Å². The SMILES string of the molecule is CCN(CC)c1ccc(C2C3C(=O)CC(C)(C)CC3=Nc3ccccc3N2C(=O)C(F)(F)F)cc1. The molecule has 0 saturated heterocycles. The first-order valence-corrected chi connectivity index (χ1v) is 11.9. The molecule has 1 aliphatic heterocycles. The molecule has 0 radical (unpaired) electrons. The maximum absolute atomic E-state index is 13.9. The van der Waals surface area contributed by atoms with Gasteiger partial charge in [-0.25, -0.2) is 0 Å². The Bertz CT molecular complexity index is 1150. The predicted octanol–water partition coefficient (Wildman–Crippen LogP) is 6.26. The van der Waals surface area contributed by atoms with E-state index >= 15 is 0 Å². The zero-order valence-corrected chi connectivity index (χ0v) is 20.4. The number of amides is 1. The number of para-hydroxylation sites is 2. The first-order valence-electron chi connectivity index (χ1n) is 11.9. The van der Waals surface area contributed by atoms with Gasteiger partial charge in [-0.15, -0.1) is 0 Å². The van der Waals surface area contributed by atoms with Crippen LogP contribution in [0, 0.1) is 11.3 Å². The van der Waals surface area contributed by atoms with Gasteiger partial charge in [-0.05, 0) is 55.5 Å². The van der Waals surface area contributed by atoms with Crippen molar-refractivity contribution < 1.29 is 22.8 Å². The number of nitrogens with zero attached hydrogens (tertiary/aromatic N) is 3. The van der Waals surface area contributed by atoms with Gasteiger partial charge >= 0.3 is 12.1 Å². The number of Topliss-reactive ketones (excluding diaryl/α,β-unsaturated/α-hetero) is 1. The molecule has 2 aromatic carbocycles. The minimum Gasteiger partial charge on any atom is -0.372 e. The number of alkyl halides is 3. The van der Waals surface area contributed by atoms with Crippen molar-refractivity contribution in [2.75, 3.05) is 22.9 Å². The summed E-state index contributed by atoms with van der Waals surface area (Å²) in [7, 11) is 0.